The molecular formula is C30H36F3N3O3. The SMILES string of the molecule is COC(=O)c1nc(C(C)(C)C)n(Cc2cccc(N3CC[C@H](COCc4ccccc4)C3)c2C(F)(F)F)c1C. The first kappa shape index (κ1) is 28.7. The number of anilines is 1. The molecule has 3 aromatic rings. The fraction of sp³-hybridized carbons (Fsp3) is 0.467. The molecule has 39 heavy (non-hydrogen) atoms. The predicted molar refractivity (Wildman–Crippen MR) is 144 cm³/mol. The number of halogens is 3. The monoisotopic (exact) mass is 543 g/mol. The number of aromatic nitrogens is 2. The molecule has 1 atom stereocenters. The molecule has 1 fully saturated rings. The fourth-order valence-electron chi connectivity index (χ4n) is 5.17. The lowest BCUT2D eigenvalue weighted by atomic mass is 9.95. The largest absolute Gasteiger partial charge is 0.464 e. The Morgan fingerprint density at radius 1 is 1.08 bits per heavy atom. The summed E-state index contributed by atoms with van der Waals surface area (Å²) in [6.07, 6.45) is -3.80. The molecule has 0 N–H and O–H groups in total. The maximum atomic E-state index is 14.6. The van der Waals surface area contributed by atoms with Gasteiger partial charge in [0.1, 0.15) is 5.82 Å². The summed E-state index contributed by atoms with van der Waals surface area (Å²) in [5, 5.41) is 0. The molecular weight excluding hydrogens is 507 g/mol. The number of benzene rings is 2. The maximum absolute atomic E-state index is 14.6. The van der Waals surface area contributed by atoms with Crippen LogP contribution in [0.15, 0.2) is 48.5 Å². The van der Waals surface area contributed by atoms with Crippen LogP contribution in [-0.4, -0.2) is 42.3 Å². The van der Waals surface area contributed by atoms with Crippen LogP contribution in [0.1, 0.15) is 65.9 Å². The second-order valence-corrected chi connectivity index (χ2v) is 11.1. The topological polar surface area (TPSA) is 56.6 Å². The van der Waals surface area contributed by atoms with Crippen molar-refractivity contribution < 1.29 is 27.4 Å². The van der Waals surface area contributed by atoms with Crippen molar-refractivity contribution >= 4 is 11.7 Å². The number of methoxy groups -OCH3 is 1. The molecule has 1 aromatic heterocycles. The molecule has 9 heteroatoms. The number of nitrogens with zero attached hydrogens (tertiary/aromatic N) is 3. The average molecular weight is 544 g/mol. The van der Waals surface area contributed by atoms with Gasteiger partial charge in [-0.15, -0.1) is 0 Å². The first-order valence-corrected chi connectivity index (χ1v) is 13.1. The summed E-state index contributed by atoms with van der Waals surface area (Å²) in [6, 6.07) is 14.6. The molecule has 1 aliphatic rings. The highest BCUT2D eigenvalue weighted by molar-refractivity contribution is 5.88. The minimum atomic E-state index is -4.56. The zero-order chi connectivity index (χ0) is 28.4. The van der Waals surface area contributed by atoms with Gasteiger partial charge in [0, 0.05) is 42.3 Å². The van der Waals surface area contributed by atoms with Gasteiger partial charge < -0.3 is 18.9 Å². The second kappa shape index (κ2) is 11.4. The van der Waals surface area contributed by atoms with Crippen LogP contribution in [0.4, 0.5) is 18.9 Å². The summed E-state index contributed by atoms with van der Waals surface area (Å²) >= 11 is 0. The average Bonchev–Trinajstić information content (AvgIpc) is 3.48. The molecule has 0 amide bonds. The summed E-state index contributed by atoms with van der Waals surface area (Å²) in [6.45, 7) is 9.35. The van der Waals surface area contributed by atoms with Gasteiger partial charge in [-0.2, -0.15) is 13.2 Å². The van der Waals surface area contributed by atoms with Crippen LogP contribution in [0.25, 0.3) is 0 Å². The molecule has 0 bridgehead atoms. The van der Waals surface area contributed by atoms with Crippen molar-refractivity contribution in [1.29, 1.82) is 0 Å². The lowest BCUT2D eigenvalue weighted by Gasteiger charge is -2.27. The minimum absolute atomic E-state index is 0.0669. The van der Waals surface area contributed by atoms with Gasteiger partial charge in [0.05, 0.1) is 25.9 Å². The van der Waals surface area contributed by atoms with E-state index >= 15 is 0 Å². The minimum Gasteiger partial charge on any atom is -0.464 e. The summed E-state index contributed by atoms with van der Waals surface area (Å²) in [5.74, 6) is 0.0549. The molecule has 2 aromatic carbocycles. The van der Waals surface area contributed by atoms with Crippen LogP contribution in [0.3, 0.4) is 0 Å². The number of rotatable bonds is 8. The second-order valence-electron chi connectivity index (χ2n) is 11.1. The van der Waals surface area contributed by atoms with Crippen molar-refractivity contribution in [3.63, 3.8) is 0 Å². The van der Waals surface area contributed by atoms with Gasteiger partial charge in [0.2, 0.25) is 0 Å². The van der Waals surface area contributed by atoms with Gasteiger partial charge in [-0.05, 0) is 30.5 Å². The predicted octanol–water partition coefficient (Wildman–Crippen LogP) is 6.39. The maximum Gasteiger partial charge on any atom is 0.418 e. The van der Waals surface area contributed by atoms with E-state index in [1.165, 1.54) is 13.2 Å². The Morgan fingerprint density at radius 2 is 1.79 bits per heavy atom. The van der Waals surface area contributed by atoms with Gasteiger partial charge in [0.15, 0.2) is 5.69 Å². The number of hydrogen-bond acceptors (Lipinski definition) is 5. The van der Waals surface area contributed by atoms with Crippen molar-refractivity contribution in [2.75, 3.05) is 31.7 Å². The first-order chi connectivity index (χ1) is 18.4. The molecule has 1 aliphatic heterocycles. The standard InChI is InChI=1S/C30H36F3N3O3/c1-20-26(27(37)38-5)34-28(29(2,3)4)36(20)17-23-12-9-13-24(25(23)30(31,32)33)35-15-14-22(16-35)19-39-18-21-10-7-6-8-11-21/h6-13,22H,14-19H2,1-5H3/t22-/m0/s1. The normalized spacial score (nSPS) is 16.1. The lowest BCUT2D eigenvalue weighted by Crippen LogP contribution is -2.26. The molecule has 0 unspecified atom stereocenters. The Hall–Kier alpha value is -3.33. The van der Waals surface area contributed by atoms with E-state index in [9.17, 15) is 18.0 Å². The van der Waals surface area contributed by atoms with E-state index in [0.717, 1.165) is 12.0 Å². The van der Waals surface area contributed by atoms with E-state index < -0.39 is 23.1 Å². The third kappa shape index (κ3) is 6.46. The summed E-state index contributed by atoms with van der Waals surface area (Å²) in [4.78, 5) is 18.6. The number of esters is 1. The highest BCUT2D eigenvalue weighted by Gasteiger charge is 2.39. The quantitative estimate of drug-likeness (QED) is 0.309. The van der Waals surface area contributed by atoms with Crippen LogP contribution in [0, 0.1) is 12.8 Å². The molecule has 0 radical (unpaired) electrons. The van der Waals surface area contributed by atoms with E-state index in [0.29, 0.717) is 37.8 Å². The third-order valence-electron chi connectivity index (χ3n) is 7.10. The van der Waals surface area contributed by atoms with E-state index in [2.05, 4.69) is 4.98 Å². The van der Waals surface area contributed by atoms with Gasteiger partial charge in [0.25, 0.3) is 0 Å². The van der Waals surface area contributed by atoms with Crippen molar-refractivity contribution in [1.82, 2.24) is 9.55 Å². The van der Waals surface area contributed by atoms with E-state index in [1.807, 2.05) is 56.0 Å². The highest BCUT2D eigenvalue weighted by atomic mass is 19.4. The summed E-state index contributed by atoms with van der Waals surface area (Å²) in [7, 11) is 1.26. The molecule has 1 saturated heterocycles. The van der Waals surface area contributed by atoms with E-state index in [4.69, 9.17) is 9.47 Å². The number of carbonyl (C=O) groups is 1. The van der Waals surface area contributed by atoms with Crippen LogP contribution < -0.4 is 4.90 Å². The highest BCUT2D eigenvalue weighted by Crippen LogP contribution is 2.41. The van der Waals surface area contributed by atoms with Crippen molar-refractivity contribution in [2.24, 2.45) is 5.92 Å². The van der Waals surface area contributed by atoms with Gasteiger partial charge in [-0.3, -0.25) is 0 Å². The van der Waals surface area contributed by atoms with E-state index in [-0.39, 0.29) is 29.4 Å². The number of alkyl halides is 3. The molecule has 2 heterocycles. The third-order valence-corrected chi connectivity index (χ3v) is 7.10. The molecule has 6 nitrogen and oxygen atoms in total. The van der Waals surface area contributed by atoms with Crippen molar-refractivity contribution in [3.05, 3.63) is 82.4 Å². The Morgan fingerprint density at radius 3 is 2.44 bits per heavy atom. The number of hydrogen-bond donors (Lipinski definition) is 0. The lowest BCUT2D eigenvalue weighted by molar-refractivity contribution is -0.137. The Bertz CT molecular complexity index is 1300. The van der Waals surface area contributed by atoms with Crippen LogP contribution in [0.5, 0.6) is 0 Å². The molecule has 4 rings (SSSR count). The summed E-state index contributed by atoms with van der Waals surface area (Å²) < 4.78 is 56.3. The van der Waals surface area contributed by atoms with Crippen molar-refractivity contribution in [2.45, 2.75) is 58.9 Å². The number of imidazole rings is 1. The number of carbonyl (C=O) groups excluding carboxylic acids is 1. The first-order valence-electron chi connectivity index (χ1n) is 13.1. The molecule has 0 spiro atoms. The Balaban J connectivity index is 1.60. The van der Waals surface area contributed by atoms with E-state index in [1.54, 1.807) is 23.6 Å². The fourth-order valence-corrected chi connectivity index (χ4v) is 5.17. The van der Waals surface area contributed by atoms with Gasteiger partial charge in [-0.1, -0.05) is 63.2 Å². The molecule has 0 saturated carbocycles. The van der Waals surface area contributed by atoms with Crippen molar-refractivity contribution in [3.8, 4) is 0 Å². The zero-order valence-corrected chi connectivity index (χ0v) is 23.1. The zero-order valence-electron chi connectivity index (χ0n) is 23.1. The molecule has 0 aliphatic carbocycles. The summed E-state index contributed by atoms with van der Waals surface area (Å²) in [5.41, 5.74) is 0.810. The molecule has 210 valence electrons. The van der Waals surface area contributed by atoms with Crippen LogP contribution in [0.2, 0.25) is 0 Å². The Labute approximate surface area is 227 Å². The van der Waals surface area contributed by atoms with Crippen LogP contribution in [-0.2, 0) is 34.2 Å². The van der Waals surface area contributed by atoms with Gasteiger partial charge >= 0.3 is 12.1 Å². The number of ether oxygens (including phenoxy) is 2. The van der Waals surface area contributed by atoms with Gasteiger partial charge in [-0.25, -0.2) is 9.78 Å². The Kier molecular flexibility index (Phi) is 8.39. The van der Waals surface area contributed by atoms with Crippen LogP contribution >= 0.6 is 0 Å². The smallest absolute Gasteiger partial charge is 0.418 e.